The Morgan fingerprint density at radius 2 is 0.977 bits per heavy atom. The van der Waals surface area contributed by atoms with Crippen LogP contribution in [0.1, 0.15) is 0 Å². The van der Waals surface area contributed by atoms with Crippen molar-refractivity contribution in [3.63, 3.8) is 0 Å². The second kappa shape index (κ2) is 10.6. The summed E-state index contributed by atoms with van der Waals surface area (Å²) in [5, 5.41) is 5.68. The summed E-state index contributed by atoms with van der Waals surface area (Å²) in [7, 11) is 0. The summed E-state index contributed by atoms with van der Waals surface area (Å²) in [4.78, 5) is 13.9. The zero-order valence-electron chi connectivity index (χ0n) is 23.8. The van der Waals surface area contributed by atoms with Crippen molar-refractivity contribution >= 4 is 38.1 Å². The van der Waals surface area contributed by atoms with E-state index in [2.05, 4.69) is 126 Å². The van der Waals surface area contributed by atoms with Gasteiger partial charge in [-0.2, -0.15) is 0 Å². The Balaban J connectivity index is 1.27. The molecule has 0 aliphatic carbocycles. The Bertz CT molecular complexity index is 2380. The number of nitrogens with zero attached hydrogens (tertiary/aromatic N) is 3. The lowest BCUT2D eigenvalue weighted by atomic mass is 9.93. The number of hydrogen-bond acceptors (Lipinski definition) is 2. The number of hydrogen-bond donors (Lipinski definition) is 0. The van der Waals surface area contributed by atoms with E-state index in [0.29, 0.717) is 11.5 Å². The SMILES string of the molecule is [C-]#[N+]c1ccc(-c2ccc(-c3ccc(-c4nc(-c5cccc6ccccc56)c5ccccc5n4)c4ccccc34)cc2)cc1. The van der Waals surface area contributed by atoms with E-state index in [-0.39, 0.29) is 0 Å². The molecule has 1 aromatic heterocycles. The maximum Gasteiger partial charge on any atom is 0.187 e. The number of rotatable bonds is 4. The largest absolute Gasteiger partial charge is 0.238 e. The zero-order valence-corrected chi connectivity index (χ0v) is 23.8. The van der Waals surface area contributed by atoms with E-state index in [4.69, 9.17) is 16.5 Å². The van der Waals surface area contributed by atoms with E-state index < -0.39 is 0 Å². The van der Waals surface area contributed by atoms with Gasteiger partial charge in [0.2, 0.25) is 0 Å². The molecule has 44 heavy (non-hydrogen) atoms. The molecule has 0 unspecified atom stereocenters. The monoisotopic (exact) mass is 559 g/mol. The van der Waals surface area contributed by atoms with E-state index in [1.54, 1.807) is 0 Å². The predicted molar refractivity (Wildman–Crippen MR) is 183 cm³/mol. The van der Waals surface area contributed by atoms with Gasteiger partial charge in [0.15, 0.2) is 11.5 Å². The van der Waals surface area contributed by atoms with Crippen LogP contribution in [0.3, 0.4) is 0 Å². The zero-order chi connectivity index (χ0) is 29.5. The first-order chi connectivity index (χ1) is 21.8. The van der Waals surface area contributed by atoms with Crippen LogP contribution in [0.2, 0.25) is 0 Å². The number of aromatic nitrogens is 2. The number of fused-ring (bicyclic) bond motifs is 3. The molecule has 0 spiro atoms. The molecule has 0 saturated heterocycles. The van der Waals surface area contributed by atoms with Gasteiger partial charge in [-0.15, -0.1) is 0 Å². The molecule has 1 heterocycles. The fourth-order valence-corrected chi connectivity index (χ4v) is 6.15. The Hall–Kier alpha value is -6.11. The smallest absolute Gasteiger partial charge is 0.187 e. The summed E-state index contributed by atoms with van der Waals surface area (Å²) >= 11 is 0. The second-order valence-corrected chi connectivity index (χ2v) is 10.9. The maximum atomic E-state index is 7.21. The highest BCUT2D eigenvalue weighted by Crippen LogP contribution is 2.38. The van der Waals surface area contributed by atoms with Gasteiger partial charge in [0.25, 0.3) is 0 Å². The van der Waals surface area contributed by atoms with Crippen molar-refractivity contribution in [2.45, 2.75) is 0 Å². The van der Waals surface area contributed by atoms with Crippen molar-refractivity contribution < 1.29 is 0 Å². The molecule has 3 heteroatoms. The van der Waals surface area contributed by atoms with Gasteiger partial charge in [-0.1, -0.05) is 140 Å². The third-order valence-electron chi connectivity index (χ3n) is 8.34. The average Bonchev–Trinajstić information content (AvgIpc) is 3.10. The first-order valence-corrected chi connectivity index (χ1v) is 14.6. The minimum Gasteiger partial charge on any atom is -0.238 e. The van der Waals surface area contributed by atoms with Gasteiger partial charge in [0.1, 0.15) is 0 Å². The van der Waals surface area contributed by atoms with Gasteiger partial charge in [0.05, 0.1) is 17.8 Å². The lowest BCUT2D eigenvalue weighted by molar-refractivity contribution is 1.24. The van der Waals surface area contributed by atoms with Crippen molar-refractivity contribution in [3.8, 4) is 44.9 Å². The highest BCUT2D eigenvalue weighted by atomic mass is 14.9. The van der Waals surface area contributed by atoms with E-state index in [1.807, 2.05) is 30.3 Å². The van der Waals surface area contributed by atoms with Crippen molar-refractivity contribution in [2.24, 2.45) is 0 Å². The fourth-order valence-electron chi connectivity index (χ4n) is 6.15. The molecule has 8 aromatic rings. The molecule has 0 saturated carbocycles. The minimum absolute atomic E-state index is 0.650. The van der Waals surface area contributed by atoms with Crippen LogP contribution < -0.4 is 0 Å². The Labute approximate surface area is 255 Å². The summed E-state index contributed by atoms with van der Waals surface area (Å²) in [6, 6.07) is 52.4. The average molecular weight is 560 g/mol. The summed E-state index contributed by atoms with van der Waals surface area (Å²) in [6.07, 6.45) is 0. The van der Waals surface area contributed by atoms with Gasteiger partial charge >= 0.3 is 0 Å². The third kappa shape index (κ3) is 4.38. The molecule has 0 fully saturated rings. The molecule has 3 nitrogen and oxygen atoms in total. The summed E-state index contributed by atoms with van der Waals surface area (Å²) in [6.45, 7) is 7.21. The lowest BCUT2D eigenvalue weighted by Gasteiger charge is -2.14. The Morgan fingerprint density at radius 1 is 0.409 bits per heavy atom. The van der Waals surface area contributed by atoms with Crippen LogP contribution in [0.4, 0.5) is 5.69 Å². The van der Waals surface area contributed by atoms with Gasteiger partial charge in [-0.05, 0) is 55.9 Å². The second-order valence-electron chi connectivity index (χ2n) is 10.9. The highest BCUT2D eigenvalue weighted by Gasteiger charge is 2.16. The quantitative estimate of drug-likeness (QED) is 0.201. The summed E-state index contributed by atoms with van der Waals surface area (Å²) < 4.78 is 0. The third-order valence-corrected chi connectivity index (χ3v) is 8.34. The molecule has 0 amide bonds. The molecule has 0 bridgehead atoms. The molecule has 8 rings (SSSR count). The minimum atomic E-state index is 0.650. The van der Waals surface area contributed by atoms with Crippen molar-refractivity contribution in [2.75, 3.05) is 0 Å². The highest BCUT2D eigenvalue weighted by molar-refractivity contribution is 6.07. The van der Waals surface area contributed by atoms with Gasteiger partial charge in [0, 0.05) is 16.5 Å². The number of benzene rings is 7. The van der Waals surface area contributed by atoms with Crippen LogP contribution in [-0.4, -0.2) is 9.97 Å². The molecule has 0 N–H and O–H groups in total. The summed E-state index contributed by atoms with van der Waals surface area (Å²) in [5.74, 6) is 0.715. The Morgan fingerprint density at radius 3 is 1.73 bits per heavy atom. The van der Waals surface area contributed by atoms with Gasteiger partial charge in [-0.25, -0.2) is 14.8 Å². The van der Waals surface area contributed by atoms with Crippen LogP contribution in [0, 0.1) is 6.57 Å². The van der Waals surface area contributed by atoms with Crippen LogP contribution in [0.15, 0.2) is 152 Å². The number of para-hydroxylation sites is 1. The van der Waals surface area contributed by atoms with E-state index in [1.165, 1.54) is 10.8 Å². The maximum absolute atomic E-state index is 7.21. The van der Waals surface area contributed by atoms with Crippen LogP contribution >= 0.6 is 0 Å². The topological polar surface area (TPSA) is 30.1 Å². The van der Waals surface area contributed by atoms with Gasteiger partial charge in [-0.3, -0.25) is 0 Å². The van der Waals surface area contributed by atoms with Crippen molar-refractivity contribution in [1.29, 1.82) is 0 Å². The fraction of sp³-hybridized carbons (Fsp3) is 0. The molecule has 7 aromatic carbocycles. The standard InChI is InChI=1S/C41H25N3/c1-42-31-23-21-28(22-24-31)27-17-19-30(20-18-27)33-25-26-37(35-13-5-4-12-34(33)35)41-43-39-16-7-6-14-38(39)40(44-41)36-15-8-10-29-9-2-3-11-32(29)36/h2-26H. The van der Waals surface area contributed by atoms with Crippen LogP contribution in [0.5, 0.6) is 0 Å². The van der Waals surface area contributed by atoms with E-state index in [9.17, 15) is 0 Å². The van der Waals surface area contributed by atoms with Crippen molar-refractivity contribution in [3.05, 3.63) is 163 Å². The molecular formula is C41H25N3. The van der Waals surface area contributed by atoms with Crippen LogP contribution in [-0.2, 0) is 0 Å². The lowest BCUT2D eigenvalue weighted by Crippen LogP contribution is -1.97. The molecule has 0 aliphatic heterocycles. The molecule has 0 aliphatic rings. The molecule has 0 atom stereocenters. The molecule has 0 radical (unpaired) electrons. The van der Waals surface area contributed by atoms with E-state index in [0.717, 1.165) is 60.8 Å². The summed E-state index contributed by atoms with van der Waals surface area (Å²) in [5.41, 5.74) is 9.15. The molecular weight excluding hydrogens is 534 g/mol. The predicted octanol–water partition coefficient (Wildman–Crippen LogP) is 11.2. The van der Waals surface area contributed by atoms with Crippen LogP contribution in [0.25, 0.3) is 82.2 Å². The van der Waals surface area contributed by atoms with Crippen molar-refractivity contribution in [1.82, 2.24) is 9.97 Å². The normalized spacial score (nSPS) is 11.2. The molecule has 204 valence electrons. The first kappa shape index (κ1) is 25.6. The van der Waals surface area contributed by atoms with E-state index >= 15 is 0 Å². The van der Waals surface area contributed by atoms with Gasteiger partial charge < -0.3 is 0 Å². The first-order valence-electron chi connectivity index (χ1n) is 14.6. The Kier molecular flexibility index (Phi) is 6.18.